The molecule has 1 saturated carbocycles. The first-order chi connectivity index (χ1) is 8.16. The van der Waals surface area contributed by atoms with Gasteiger partial charge in [0.25, 0.3) is 0 Å². The van der Waals surface area contributed by atoms with Crippen LogP contribution in [0.5, 0.6) is 0 Å². The molecule has 3 N–H and O–H groups in total. The predicted molar refractivity (Wildman–Crippen MR) is 70.8 cm³/mol. The number of amides is 1. The largest absolute Gasteiger partial charge is 0.349 e. The minimum Gasteiger partial charge on any atom is -0.349 e. The minimum absolute atomic E-state index is 0.115. The maximum Gasteiger partial charge on any atom is 0.223 e. The van der Waals surface area contributed by atoms with E-state index < -0.39 is 0 Å². The van der Waals surface area contributed by atoms with Crippen LogP contribution in [0, 0.1) is 5.92 Å². The normalized spacial score (nSPS) is 26.5. The minimum atomic E-state index is 0.115. The highest BCUT2D eigenvalue weighted by Gasteiger charge is 2.25. The van der Waals surface area contributed by atoms with E-state index in [1.807, 2.05) is 12.3 Å². The molecule has 0 radical (unpaired) electrons. The molecule has 1 atom stereocenters. The fraction of sp³-hybridized carbons (Fsp3) is 0.615. The molecule has 1 aromatic heterocycles. The highest BCUT2D eigenvalue weighted by molar-refractivity contribution is 7.07. The van der Waals surface area contributed by atoms with Gasteiger partial charge < -0.3 is 11.1 Å². The first kappa shape index (κ1) is 12.6. The van der Waals surface area contributed by atoms with Crippen LogP contribution in [-0.4, -0.2) is 11.9 Å². The summed E-state index contributed by atoms with van der Waals surface area (Å²) in [6, 6.07) is 2.48. The lowest BCUT2D eigenvalue weighted by Crippen LogP contribution is -2.37. The summed E-state index contributed by atoms with van der Waals surface area (Å²) >= 11 is 1.66. The number of carbonyl (C=O) groups is 1. The fourth-order valence-corrected chi connectivity index (χ4v) is 3.07. The van der Waals surface area contributed by atoms with Gasteiger partial charge in [0.2, 0.25) is 5.91 Å². The van der Waals surface area contributed by atoms with Gasteiger partial charge in [0.1, 0.15) is 0 Å². The van der Waals surface area contributed by atoms with Gasteiger partial charge in [-0.25, -0.2) is 0 Å². The number of hydrogen-bond donors (Lipinski definition) is 2. The number of nitrogens with two attached hydrogens (primary N) is 1. The van der Waals surface area contributed by atoms with E-state index in [-0.39, 0.29) is 17.9 Å². The van der Waals surface area contributed by atoms with E-state index in [0.29, 0.717) is 6.04 Å². The van der Waals surface area contributed by atoms with Gasteiger partial charge in [-0.2, -0.15) is 11.3 Å². The Kier molecular flexibility index (Phi) is 4.18. The maximum atomic E-state index is 12.1. The summed E-state index contributed by atoms with van der Waals surface area (Å²) in [6.45, 7) is 2.04. The average Bonchev–Trinajstić information content (AvgIpc) is 2.83. The number of nitrogens with one attached hydrogen (secondary N) is 1. The third-order valence-electron chi connectivity index (χ3n) is 3.54. The highest BCUT2D eigenvalue weighted by Crippen LogP contribution is 2.24. The van der Waals surface area contributed by atoms with Gasteiger partial charge in [-0.05, 0) is 55.0 Å². The van der Waals surface area contributed by atoms with Gasteiger partial charge in [0.15, 0.2) is 0 Å². The molecule has 94 valence electrons. The standard InChI is InChI=1S/C13H20N2OS/c1-9(11-6-7-17-8-11)15-13(16)10-2-4-12(14)5-3-10/h6-10,12H,2-5,14H2,1H3,(H,15,16). The molecule has 1 amide bonds. The SMILES string of the molecule is CC(NC(=O)C1CCC(N)CC1)c1ccsc1. The van der Waals surface area contributed by atoms with Crippen molar-refractivity contribution in [3.63, 3.8) is 0 Å². The second-order valence-electron chi connectivity index (χ2n) is 4.90. The lowest BCUT2D eigenvalue weighted by molar-refractivity contribution is -0.126. The Balaban J connectivity index is 1.85. The molecule has 3 nitrogen and oxygen atoms in total. The highest BCUT2D eigenvalue weighted by atomic mass is 32.1. The number of thiophene rings is 1. The van der Waals surface area contributed by atoms with Crippen molar-refractivity contribution in [3.05, 3.63) is 22.4 Å². The van der Waals surface area contributed by atoms with Crippen LogP contribution in [0.1, 0.15) is 44.2 Å². The first-order valence-electron chi connectivity index (χ1n) is 6.25. The van der Waals surface area contributed by atoms with E-state index in [4.69, 9.17) is 5.73 Å². The third-order valence-corrected chi connectivity index (χ3v) is 4.25. The molecule has 17 heavy (non-hydrogen) atoms. The molecular formula is C13H20N2OS. The van der Waals surface area contributed by atoms with Crippen molar-refractivity contribution >= 4 is 17.2 Å². The molecule has 1 heterocycles. The van der Waals surface area contributed by atoms with E-state index in [1.165, 1.54) is 5.56 Å². The zero-order valence-corrected chi connectivity index (χ0v) is 11.0. The van der Waals surface area contributed by atoms with Crippen molar-refractivity contribution in [1.29, 1.82) is 0 Å². The molecule has 0 aliphatic heterocycles. The monoisotopic (exact) mass is 252 g/mol. The summed E-state index contributed by atoms with van der Waals surface area (Å²) in [6.07, 6.45) is 3.82. The lowest BCUT2D eigenvalue weighted by atomic mass is 9.86. The van der Waals surface area contributed by atoms with Crippen molar-refractivity contribution in [2.75, 3.05) is 0 Å². The maximum absolute atomic E-state index is 12.1. The van der Waals surface area contributed by atoms with Crippen LogP contribution in [0.3, 0.4) is 0 Å². The topological polar surface area (TPSA) is 55.1 Å². The van der Waals surface area contributed by atoms with Crippen LogP contribution in [-0.2, 0) is 4.79 Å². The number of carbonyl (C=O) groups excluding carboxylic acids is 1. The van der Waals surface area contributed by atoms with Gasteiger partial charge >= 0.3 is 0 Å². The predicted octanol–water partition coefficient (Wildman–Crippen LogP) is 2.44. The quantitative estimate of drug-likeness (QED) is 0.868. The van der Waals surface area contributed by atoms with Gasteiger partial charge in [-0.1, -0.05) is 0 Å². The zero-order valence-electron chi connectivity index (χ0n) is 10.2. The van der Waals surface area contributed by atoms with E-state index in [0.717, 1.165) is 25.7 Å². The fourth-order valence-electron chi connectivity index (χ4n) is 2.32. The molecule has 4 heteroatoms. The van der Waals surface area contributed by atoms with E-state index in [2.05, 4.69) is 16.8 Å². The van der Waals surface area contributed by atoms with E-state index in [9.17, 15) is 4.79 Å². The van der Waals surface area contributed by atoms with Crippen molar-refractivity contribution in [3.8, 4) is 0 Å². The molecule has 1 aromatic rings. The molecule has 2 rings (SSSR count). The number of rotatable bonds is 3. The number of hydrogen-bond acceptors (Lipinski definition) is 3. The summed E-state index contributed by atoms with van der Waals surface area (Å²) in [7, 11) is 0. The molecule has 1 aliphatic rings. The van der Waals surface area contributed by atoms with Crippen molar-refractivity contribution in [2.45, 2.75) is 44.7 Å². The Morgan fingerprint density at radius 1 is 1.47 bits per heavy atom. The zero-order chi connectivity index (χ0) is 12.3. The molecule has 0 saturated heterocycles. The van der Waals surface area contributed by atoms with Gasteiger partial charge in [-0.3, -0.25) is 4.79 Å². The Hall–Kier alpha value is -0.870. The van der Waals surface area contributed by atoms with Crippen LogP contribution in [0.15, 0.2) is 16.8 Å². The molecule has 0 aromatic carbocycles. The third kappa shape index (κ3) is 3.30. The van der Waals surface area contributed by atoms with Crippen LogP contribution in [0.25, 0.3) is 0 Å². The van der Waals surface area contributed by atoms with Gasteiger partial charge in [0.05, 0.1) is 6.04 Å². The van der Waals surface area contributed by atoms with Crippen LogP contribution in [0.4, 0.5) is 0 Å². The van der Waals surface area contributed by atoms with Crippen molar-refractivity contribution in [1.82, 2.24) is 5.32 Å². The molecular weight excluding hydrogens is 232 g/mol. The van der Waals surface area contributed by atoms with Crippen molar-refractivity contribution in [2.24, 2.45) is 11.7 Å². The first-order valence-corrected chi connectivity index (χ1v) is 7.19. The smallest absolute Gasteiger partial charge is 0.223 e. The molecule has 0 bridgehead atoms. The second-order valence-corrected chi connectivity index (χ2v) is 5.68. The summed E-state index contributed by atoms with van der Waals surface area (Å²) in [5, 5.41) is 7.22. The Bertz CT molecular complexity index is 356. The molecule has 1 fully saturated rings. The Morgan fingerprint density at radius 3 is 2.76 bits per heavy atom. The Labute approximate surface area is 106 Å². The second kappa shape index (κ2) is 5.65. The van der Waals surface area contributed by atoms with E-state index in [1.54, 1.807) is 11.3 Å². The van der Waals surface area contributed by atoms with Gasteiger partial charge in [-0.15, -0.1) is 0 Å². The molecule has 1 aliphatic carbocycles. The summed E-state index contributed by atoms with van der Waals surface area (Å²) in [5.41, 5.74) is 7.04. The average molecular weight is 252 g/mol. The Morgan fingerprint density at radius 2 is 2.18 bits per heavy atom. The van der Waals surface area contributed by atoms with E-state index >= 15 is 0 Å². The van der Waals surface area contributed by atoms with Crippen LogP contribution >= 0.6 is 11.3 Å². The molecule has 0 spiro atoms. The lowest BCUT2D eigenvalue weighted by Gasteiger charge is -2.26. The molecule has 1 unspecified atom stereocenters. The van der Waals surface area contributed by atoms with Crippen LogP contribution < -0.4 is 11.1 Å². The van der Waals surface area contributed by atoms with Crippen molar-refractivity contribution < 1.29 is 4.79 Å². The van der Waals surface area contributed by atoms with Gasteiger partial charge in [0, 0.05) is 12.0 Å². The summed E-state index contributed by atoms with van der Waals surface area (Å²) in [5.74, 6) is 0.353. The van der Waals surface area contributed by atoms with Crippen LogP contribution in [0.2, 0.25) is 0 Å². The summed E-state index contributed by atoms with van der Waals surface area (Å²) < 4.78 is 0. The summed E-state index contributed by atoms with van der Waals surface area (Å²) in [4.78, 5) is 12.1.